The summed E-state index contributed by atoms with van der Waals surface area (Å²) < 4.78 is 0. The fourth-order valence-electron chi connectivity index (χ4n) is 1.23. The minimum atomic E-state index is -1.00. The molecule has 22 heavy (non-hydrogen) atoms. The third-order valence-electron chi connectivity index (χ3n) is 2.21. The van der Waals surface area contributed by atoms with E-state index in [0.717, 1.165) is 17.5 Å². The fourth-order valence-corrected chi connectivity index (χ4v) is 1.80. The van der Waals surface area contributed by atoms with Crippen molar-refractivity contribution in [2.24, 2.45) is 5.73 Å². The molecule has 2 heterocycles. The minimum absolute atomic E-state index is 0.00269. The van der Waals surface area contributed by atoms with Crippen molar-refractivity contribution < 1.29 is 19.8 Å². The Bertz CT molecular complexity index is 600. The number of carboxylic acid groups (broad SMARTS) is 2. The SMILES string of the molecule is Cc1nc(SCC(=O)O)n[nH]1.N[C@@H](Cc1cnc[nH]1)C(=O)O. The third-order valence-corrected chi connectivity index (χ3v) is 3.05. The molecule has 120 valence electrons. The van der Waals surface area contributed by atoms with E-state index >= 15 is 0 Å². The number of hydrogen-bond acceptors (Lipinski definition) is 7. The van der Waals surface area contributed by atoms with E-state index in [-0.39, 0.29) is 12.2 Å². The van der Waals surface area contributed by atoms with Crippen molar-refractivity contribution in [3.8, 4) is 0 Å². The highest BCUT2D eigenvalue weighted by Crippen LogP contribution is 2.10. The van der Waals surface area contributed by atoms with Crippen molar-refractivity contribution in [1.29, 1.82) is 0 Å². The molecule has 10 nitrogen and oxygen atoms in total. The van der Waals surface area contributed by atoms with Gasteiger partial charge in [-0.3, -0.25) is 14.7 Å². The van der Waals surface area contributed by atoms with Gasteiger partial charge in [0.25, 0.3) is 0 Å². The van der Waals surface area contributed by atoms with Crippen LogP contribution in [0.1, 0.15) is 11.5 Å². The number of aliphatic carboxylic acids is 2. The average molecular weight is 328 g/mol. The molecule has 0 saturated heterocycles. The van der Waals surface area contributed by atoms with Crippen LogP contribution in [-0.4, -0.2) is 59.1 Å². The quantitative estimate of drug-likeness (QED) is 0.444. The zero-order valence-corrected chi connectivity index (χ0v) is 12.5. The van der Waals surface area contributed by atoms with E-state index in [4.69, 9.17) is 15.9 Å². The second-order valence-electron chi connectivity index (χ2n) is 4.11. The summed E-state index contributed by atoms with van der Waals surface area (Å²) in [4.78, 5) is 30.8. The van der Waals surface area contributed by atoms with Gasteiger partial charge in [-0.05, 0) is 6.92 Å². The Morgan fingerprint density at radius 2 is 2.18 bits per heavy atom. The first-order valence-electron chi connectivity index (χ1n) is 6.07. The number of aryl methyl sites for hydroxylation is 1. The minimum Gasteiger partial charge on any atom is -0.481 e. The van der Waals surface area contributed by atoms with Gasteiger partial charge in [0.05, 0.1) is 12.1 Å². The number of aromatic amines is 2. The van der Waals surface area contributed by atoms with Crippen LogP contribution in [0.25, 0.3) is 0 Å². The van der Waals surface area contributed by atoms with Crippen LogP contribution in [0, 0.1) is 6.92 Å². The lowest BCUT2D eigenvalue weighted by Gasteiger charge is -2.02. The molecular weight excluding hydrogens is 312 g/mol. The number of hydrogen-bond donors (Lipinski definition) is 5. The second kappa shape index (κ2) is 8.79. The molecule has 6 N–H and O–H groups in total. The number of thioether (sulfide) groups is 1. The van der Waals surface area contributed by atoms with E-state index in [1.165, 1.54) is 6.33 Å². The molecule has 0 bridgehead atoms. The number of aromatic nitrogens is 5. The molecule has 0 amide bonds. The number of nitrogens with two attached hydrogens (primary N) is 1. The van der Waals surface area contributed by atoms with Gasteiger partial charge in [0.2, 0.25) is 5.16 Å². The van der Waals surface area contributed by atoms with Gasteiger partial charge in [0, 0.05) is 18.3 Å². The van der Waals surface area contributed by atoms with E-state index in [0.29, 0.717) is 11.0 Å². The summed E-state index contributed by atoms with van der Waals surface area (Å²) in [5, 5.41) is 23.6. The summed E-state index contributed by atoms with van der Waals surface area (Å²) in [5.74, 6) is -1.17. The van der Waals surface area contributed by atoms with E-state index in [2.05, 4.69) is 25.1 Å². The van der Waals surface area contributed by atoms with Crippen molar-refractivity contribution in [2.45, 2.75) is 24.5 Å². The number of H-pyrrole nitrogens is 2. The molecule has 0 saturated carbocycles. The van der Waals surface area contributed by atoms with Gasteiger partial charge in [-0.1, -0.05) is 11.8 Å². The molecule has 2 aromatic rings. The van der Waals surface area contributed by atoms with Crippen LogP contribution in [0.5, 0.6) is 0 Å². The Hall–Kier alpha value is -2.40. The Morgan fingerprint density at radius 3 is 2.64 bits per heavy atom. The van der Waals surface area contributed by atoms with Crippen LogP contribution in [0.3, 0.4) is 0 Å². The highest BCUT2D eigenvalue weighted by molar-refractivity contribution is 7.99. The molecule has 2 aromatic heterocycles. The predicted molar refractivity (Wildman–Crippen MR) is 77.4 cm³/mol. The Kier molecular flexibility index (Phi) is 7.05. The van der Waals surface area contributed by atoms with Crippen molar-refractivity contribution >= 4 is 23.7 Å². The summed E-state index contributed by atoms with van der Waals surface area (Å²) >= 11 is 1.10. The monoisotopic (exact) mass is 328 g/mol. The zero-order valence-electron chi connectivity index (χ0n) is 11.7. The number of nitrogens with one attached hydrogen (secondary N) is 2. The molecule has 2 rings (SSSR count). The summed E-state index contributed by atoms with van der Waals surface area (Å²) in [6.07, 6.45) is 3.34. The average Bonchev–Trinajstić information content (AvgIpc) is 3.08. The van der Waals surface area contributed by atoms with Crippen LogP contribution in [-0.2, 0) is 16.0 Å². The van der Waals surface area contributed by atoms with Crippen LogP contribution in [0.15, 0.2) is 17.7 Å². The third kappa shape index (κ3) is 6.85. The Labute approximate surface area is 129 Å². The number of rotatable bonds is 6. The Balaban J connectivity index is 0.000000220. The molecule has 11 heteroatoms. The lowest BCUT2D eigenvalue weighted by atomic mass is 10.2. The van der Waals surface area contributed by atoms with Crippen molar-refractivity contribution in [1.82, 2.24) is 25.1 Å². The van der Waals surface area contributed by atoms with Gasteiger partial charge in [-0.15, -0.1) is 5.10 Å². The fraction of sp³-hybridized carbons (Fsp3) is 0.364. The van der Waals surface area contributed by atoms with Crippen LogP contribution < -0.4 is 5.73 Å². The van der Waals surface area contributed by atoms with Crippen LogP contribution in [0.4, 0.5) is 0 Å². The molecule has 0 aliphatic rings. The smallest absolute Gasteiger partial charge is 0.320 e. The van der Waals surface area contributed by atoms with Gasteiger partial charge >= 0.3 is 11.9 Å². The molecule has 0 spiro atoms. The lowest BCUT2D eigenvalue weighted by Crippen LogP contribution is -2.32. The van der Waals surface area contributed by atoms with Gasteiger partial charge in [-0.2, -0.15) is 0 Å². The normalized spacial score (nSPS) is 11.4. The first-order chi connectivity index (χ1) is 10.4. The molecule has 0 aliphatic heterocycles. The van der Waals surface area contributed by atoms with E-state index < -0.39 is 18.0 Å². The standard InChI is InChI=1S/C6H9N3O2.C5H7N3O2S/c7-5(6(10)11)1-4-2-8-3-9-4;1-3-6-5(8-7-3)11-2-4(9)10/h2-3,5H,1,7H2,(H,8,9)(H,10,11);2H2,1H3,(H,9,10)(H,6,7,8)/t5-;/m0./s1. The van der Waals surface area contributed by atoms with Crippen molar-refractivity contribution in [2.75, 3.05) is 5.75 Å². The maximum absolute atomic E-state index is 10.3. The molecule has 0 fully saturated rings. The van der Waals surface area contributed by atoms with Crippen LogP contribution >= 0.6 is 11.8 Å². The second-order valence-corrected chi connectivity index (χ2v) is 5.05. The molecular formula is C11H16N6O4S. The highest BCUT2D eigenvalue weighted by Gasteiger charge is 2.12. The number of carbonyl (C=O) groups is 2. The van der Waals surface area contributed by atoms with Gasteiger partial charge in [0.1, 0.15) is 11.9 Å². The maximum Gasteiger partial charge on any atom is 0.320 e. The summed E-state index contributed by atoms with van der Waals surface area (Å²) in [6.45, 7) is 1.76. The summed E-state index contributed by atoms with van der Waals surface area (Å²) in [7, 11) is 0. The number of imidazole rings is 1. The Morgan fingerprint density at radius 1 is 1.45 bits per heavy atom. The largest absolute Gasteiger partial charge is 0.481 e. The number of carboxylic acids is 2. The van der Waals surface area contributed by atoms with Gasteiger partial charge < -0.3 is 20.9 Å². The highest BCUT2D eigenvalue weighted by atomic mass is 32.2. The maximum atomic E-state index is 10.3. The summed E-state index contributed by atoms with van der Waals surface area (Å²) in [5.41, 5.74) is 6.00. The first-order valence-corrected chi connectivity index (χ1v) is 7.06. The molecule has 0 unspecified atom stereocenters. The lowest BCUT2D eigenvalue weighted by molar-refractivity contribution is -0.138. The van der Waals surface area contributed by atoms with Gasteiger partial charge in [0.15, 0.2) is 0 Å². The first kappa shape index (κ1) is 17.7. The summed E-state index contributed by atoms with van der Waals surface area (Å²) in [6, 6.07) is -0.851. The molecule has 0 aromatic carbocycles. The van der Waals surface area contributed by atoms with E-state index in [9.17, 15) is 9.59 Å². The molecule has 0 aliphatic carbocycles. The molecule has 1 atom stereocenters. The van der Waals surface area contributed by atoms with Gasteiger partial charge in [-0.25, -0.2) is 9.97 Å². The molecule has 0 radical (unpaired) electrons. The van der Waals surface area contributed by atoms with E-state index in [1.54, 1.807) is 13.1 Å². The zero-order chi connectivity index (χ0) is 16.5. The van der Waals surface area contributed by atoms with E-state index in [1.807, 2.05) is 0 Å². The predicted octanol–water partition coefficient (Wildman–Crippen LogP) is -0.346. The van der Waals surface area contributed by atoms with Crippen molar-refractivity contribution in [3.05, 3.63) is 24.0 Å². The number of nitrogens with zero attached hydrogens (tertiary/aromatic N) is 3. The topological polar surface area (TPSA) is 171 Å². The van der Waals surface area contributed by atoms with Crippen molar-refractivity contribution in [3.63, 3.8) is 0 Å². The van der Waals surface area contributed by atoms with Crippen LogP contribution in [0.2, 0.25) is 0 Å².